The number of hydrogen-bond acceptors (Lipinski definition) is 6. The van der Waals surface area contributed by atoms with Gasteiger partial charge in [0.25, 0.3) is 0 Å². The Balaban J connectivity index is -0.000000290. The van der Waals surface area contributed by atoms with E-state index in [1.54, 1.807) is 0 Å². The first-order valence-corrected chi connectivity index (χ1v) is 11.2. The molecule has 0 N–H and O–H groups in total. The molecule has 0 aliphatic heterocycles. The molecule has 6 nitrogen and oxygen atoms in total. The van der Waals surface area contributed by atoms with Crippen molar-refractivity contribution in [3.8, 4) is 0 Å². The number of hydrogen-bond donors (Lipinski definition) is 0. The molecule has 154 valence electrons. The van der Waals surface area contributed by atoms with E-state index in [0.717, 1.165) is 0 Å². The molecule has 29 heavy (non-hydrogen) atoms. The molecular formula is C20H21BiO6S2. The van der Waals surface area contributed by atoms with Crippen molar-refractivity contribution >= 4 is 46.4 Å². The minimum atomic E-state index is -3.92. The molecule has 3 aromatic rings. The van der Waals surface area contributed by atoms with Crippen LogP contribution >= 0.6 is 0 Å². The zero-order chi connectivity index (χ0) is 21.7. The summed E-state index contributed by atoms with van der Waals surface area (Å²) in [6, 6.07) is 37.5. The normalized spacial score (nSPS) is 8.97. The molecular weight excluding hydrogens is 609 g/mol. The van der Waals surface area contributed by atoms with Gasteiger partial charge in [-0.25, -0.2) is 16.8 Å². The molecule has 0 heterocycles. The van der Waals surface area contributed by atoms with Crippen LogP contribution in [0.2, 0.25) is 0 Å². The van der Waals surface area contributed by atoms with Crippen LogP contribution in [-0.4, -0.2) is 64.7 Å². The average Bonchev–Trinajstić information content (AvgIpc) is 2.64. The van der Waals surface area contributed by atoms with Crippen LogP contribution in [0.15, 0.2) is 91.0 Å². The Labute approximate surface area is 193 Å². The third-order valence-electron chi connectivity index (χ3n) is 1.82. The standard InChI is InChI=1S/3C6H5.2CH4O3S.Bi/c3*1-2-4-6-5-3-1;2*1-5(2,3)4;/h3*1-5H;2*1H3,(H,2,3,4);/q;;;;;+2/p-2. The maximum Gasteiger partial charge on any atom is 2.00 e. The topological polar surface area (TPSA) is 114 Å². The van der Waals surface area contributed by atoms with Crippen LogP contribution < -0.4 is 0 Å². The first kappa shape index (κ1) is 32.0. The van der Waals surface area contributed by atoms with Crippen molar-refractivity contribution in [2.24, 2.45) is 0 Å². The zero-order valence-corrected chi connectivity index (χ0v) is 21.0. The molecule has 0 saturated heterocycles. The van der Waals surface area contributed by atoms with Gasteiger partial charge in [0.15, 0.2) is 0 Å². The Morgan fingerprint density at radius 3 is 0.655 bits per heavy atom. The van der Waals surface area contributed by atoms with Crippen molar-refractivity contribution in [3.63, 3.8) is 0 Å². The molecule has 0 saturated carbocycles. The number of rotatable bonds is 0. The molecule has 0 amide bonds. The molecule has 0 unspecified atom stereocenters. The van der Waals surface area contributed by atoms with Gasteiger partial charge in [0, 0.05) is 12.5 Å². The van der Waals surface area contributed by atoms with Gasteiger partial charge in [0.2, 0.25) is 0 Å². The molecule has 0 spiro atoms. The Bertz CT molecular complexity index is 673. The van der Waals surface area contributed by atoms with Crippen LogP contribution in [0.3, 0.4) is 0 Å². The van der Waals surface area contributed by atoms with Crippen LogP contribution in [-0.2, 0) is 20.2 Å². The smallest absolute Gasteiger partial charge is 0.748 e. The second kappa shape index (κ2) is 21.1. The molecule has 3 rings (SSSR count). The molecule has 0 atom stereocenters. The summed E-state index contributed by atoms with van der Waals surface area (Å²) in [6.07, 6.45) is 1.21. The van der Waals surface area contributed by atoms with Gasteiger partial charge >= 0.3 is 26.2 Å². The van der Waals surface area contributed by atoms with Crippen LogP contribution in [0.5, 0.6) is 0 Å². The van der Waals surface area contributed by atoms with Crippen LogP contribution in [0, 0.1) is 18.2 Å². The Morgan fingerprint density at radius 2 is 0.621 bits per heavy atom. The van der Waals surface area contributed by atoms with Crippen LogP contribution in [0.4, 0.5) is 0 Å². The Morgan fingerprint density at radius 1 is 0.483 bits per heavy atom. The molecule has 0 aliphatic carbocycles. The molecule has 0 fully saturated rings. The van der Waals surface area contributed by atoms with E-state index in [4.69, 9.17) is 25.9 Å². The van der Waals surface area contributed by atoms with E-state index in [9.17, 15) is 0 Å². The van der Waals surface area contributed by atoms with Crippen molar-refractivity contribution in [2.45, 2.75) is 0 Å². The van der Waals surface area contributed by atoms with E-state index < -0.39 is 20.2 Å². The van der Waals surface area contributed by atoms with E-state index in [-0.39, 0.29) is 26.2 Å². The van der Waals surface area contributed by atoms with E-state index in [1.165, 1.54) is 0 Å². The first-order chi connectivity index (χ1) is 13.0. The molecule has 0 aromatic heterocycles. The van der Waals surface area contributed by atoms with E-state index in [2.05, 4.69) is 18.2 Å². The summed E-state index contributed by atoms with van der Waals surface area (Å²) in [5.41, 5.74) is 0. The fourth-order valence-electron chi connectivity index (χ4n) is 1.03. The van der Waals surface area contributed by atoms with Gasteiger partial charge in [-0.3, -0.25) is 0 Å². The van der Waals surface area contributed by atoms with Gasteiger partial charge in [-0.05, 0) is 18.2 Å². The molecule has 6 radical (unpaired) electrons. The third kappa shape index (κ3) is 58.4. The molecule has 0 bridgehead atoms. The van der Waals surface area contributed by atoms with Crippen LogP contribution in [0.25, 0.3) is 0 Å². The molecule has 3 aromatic carbocycles. The predicted octanol–water partition coefficient (Wildman–Crippen LogP) is 2.40. The van der Waals surface area contributed by atoms with Gasteiger partial charge in [0.1, 0.15) is 0 Å². The monoisotopic (exact) mass is 630 g/mol. The minimum Gasteiger partial charge on any atom is -0.748 e. The quantitative estimate of drug-likeness (QED) is 0.279. The van der Waals surface area contributed by atoms with Gasteiger partial charge < -0.3 is 9.11 Å². The summed E-state index contributed by atoms with van der Waals surface area (Å²) in [5.74, 6) is 0. The van der Waals surface area contributed by atoms with Gasteiger partial charge in [-0.2, -0.15) is 0 Å². The van der Waals surface area contributed by atoms with Crippen LogP contribution in [0.1, 0.15) is 0 Å². The minimum absolute atomic E-state index is 0. The summed E-state index contributed by atoms with van der Waals surface area (Å²) in [6.45, 7) is 0. The van der Waals surface area contributed by atoms with E-state index in [1.807, 2.05) is 91.0 Å². The van der Waals surface area contributed by atoms with Gasteiger partial charge in [0.05, 0.1) is 20.2 Å². The Hall–Kier alpha value is -1.64. The summed E-state index contributed by atoms with van der Waals surface area (Å²) < 4.78 is 54.5. The first-order valence-electron chi connectivity index (χ1n) is 7.55. The maximum absolute atomic E-state index is 9.08. The second-order valence-electron chi connectivity index (χ2n) is 4.64. The van der Waals surface area contributed by atoms with Crippen molar-refractivity contribution in [1.82, 2.24) is 0 Å². The van der Waals surface area contributed by atoms with Crippen molar-refractivity contribution in [2.75, 3.05) is 12.5 Å². The summed E-state index contributed by atoms with van der Waals surface area (Å²) in [5, 5.41) is 0. The predicted molar refractivity (Wildman–Crippen MR) is 113 cm³/mol. The van der Waals surface area contributed by atoms with Crippen molar-refractivity contribution in [1.29, 1.82) is 0 Å². The number of benzene rings is 3. The second-order valence-corrected chi connectivity index (χ2v) is 7.46. The third-order valence-corrected chi connectivity index (χ3v) is 1.82. The summed E-state index contributed by atoms with van der Waals surface area (Å²) in [7, 11) is -7.83. The zero-order valence-electron chi connectivity index (χ0n) is 15.9. The average molecular weight is 630 g/mol. The van der Waals surface area contributed by atoms with Gasteiger partial charge in [-0.15, -0.1) is 0 Å². The van der Waals surface area contributed by atoms with Crippen molar-refractivity contribution in [3.05, 3.63) is 109 Å². The Kier molecular flexibility index (Phi) is 23.3. The summed E-state index contributed by atoms with van der Waals surface area (Å²) in [4.78, 5) is 0. The fourth-order valence-corrected chi connectivity index (χ4v) is 1.03. The molecule has 9 heteroatoms. The molecule has 0 aliphatic rings. The SMILES string of the molecule is CS(=O)(=O)[O-].CS(=O)(=O)[O-].[Bi+2].[c]1ccccc1.[c]1ccccc1.[c]1ccccc1. The van der Waals surface area contributed by atoms with Gasteiger partial charge in [-0.1, -0.05) is 91.0 Å². The maximum atomic E-state index is 9.08. The largest absolute Gasteiger partial charge is 2.00 e. The van der Waals surface area contributed by atoms with E-state index >= 15 is 0 Å². The van der Waals surface area contributed by atoms with E-state index in [0.29, 0.717) is 12.5 Å². The van der Waals surface area contributed by atoms with Crippen molar-refractivity contribution < 1.29 is 25.9 Å². The fraction of sp³-hybridized carbons (Fsp3) is 0.100. The summed E-state index contributed by atoms with van der Waals surface area (Å²) >= 11 is 0.